The number of ketones is 1. The standard InChI is InChI=1S/C15H7BrF2OS/c16-10-4-1-3-8-9(7-20-15(8)10)14(19)13-11(17)5-2-6-12(13)18/h1-7H. The molecule has 0 aliphatic rings. The zero-order valence-electron chi connectivity index (χ0n) is 9.99. The topological polar surface area (TPSA) is 17.1 Å². The van der Waals surface area contributed by atoms with Gasteiger partial charge >= 0.3 is 0 Å². The zero-order valence-corrected chi connectivity index (χ0v) is 12.4. The number of hydrogen-bond donors (Lipinski definition) is 0. The summed E-state index contributed by atoms with van der Waals surface area (Å²) < 4.78 is 29.1. The summed E-state index contributed by atoms with van der Waals surface area (Å²) in [5.41, 5.74) is -0.192. The van der Waals surface area contributed by atoms with Crippen LogP contribution >= 0.6 is 27.3 Å². The average molecular weight is 353 g/mol. The Morgan fingerprint density at radius 2 is 1.70 bits per heavy atom. The van der Waals surface area contributed by atoms with Crippen molar-refractivity contribution in [1.29, 1.82) is 0 Å². The highest BCUT2D eigenvalue weighted by Crippen LogP contribution is 2.33. The first-order valence-electron chi connectivity index (χ1n) is 5.74. The Labute approximate surface area is 126 Å². The Balaban J connectivity index is 2.21. The summed E-state index contributed by atoms with van der Waals surface area (Å²) in [6, 6.07) is 8.82. The summed E-state index contributed by atoms with van der Waals surface area (Å²) >= 11 is 4.76. The van der Waals surface area contributed by atoms with E-state index in [1.807, 2.05) is 6.07 Å². The molecule has 0 N–H and O–H groups in total. The predicted molar refractivity (Wildman–Crippen MR) is 79.3 cm³/mol. The van der Waals surface area contributed by atoms with E-state index in [1.54, 1.807) is 17.5 Å². The maximum Gasteiger partial charge on any atom is 0.200 e. The van der Waals surface area contributed by atoms with E-state index >= 15 is 0 Å². The van der Waals surface area contributed by atoms with Gasteiger partial charge in [0, 0.05) is 25.5 Å². The predicted octanol–water partition coefficient (Wildman–Crippen LogP) is 5.17. The lowest BCUT2D eigenvalue weighted by molar-refractivity contribution is 0.103. The SMILES string of the molecule is O=C(c1c(F)cccc1F)c1csc2c(Br)cccc12. The second-order valence-electron chi connectivity index (χ2n) is 4.19. The number of hydrogen-bond acceptors (Lipinski definition) is 2. The van der Waals surface area contributed by atoms with E-state index in [9.17, 15) is 13.6 Å². The number of thiophene rings is 1. The van der Waals surface area contributed by atoms with E-state index in [2.05, 4.69) is 15.9 Å². The van der Waals surface area contributed by atoms with Crippen LogP contribution in [-0.4, -0.2) is 5.78 Å². The fraction of sp³-hybridized carbons (Fsp3) is 0. The summed E-state index contributed by atoms with van der Waals surface area (Å²) in [4.78, 5) is 12.4. The van der Waals surface area contributed by atoms with Crippen LogP contribution in [0.2, 0.25) is 0 Å². The minimum Gasteiger partial charge on any atom is -0.288 e. The molecule has 0 saturated carbocycles. The first-order valence-corrected chi connectivity index (χ1v) is 7.41. The van der Waals surface area contributed by atoms with Gasteiger partial charge in [-0.15, -0.1) is 11.3 Å². The maximum absolute atomic E-state index is 13.7. The third kappa shape index (κ3) is 2.07. The first-order chi connectivity index (χ1) is 9.59. The zero-order chi connectivity index (χ0) is 14.3. The minimum absolute atomic E-state index is 0.315. The molecule has 0 aliphatic carbocycles. The van der Waals surface area contributed by atoms with Gasteiger partial charge in [-0.2, -0.15) is 0 Å². The smallest absolute Gasteiger partial charge is 0.200 e. The van der Waals surface area contributed by atoms with E-state index in [-0.39, 0.29) is 0 Å². The molecule has 20 heavy (non-hydrogen) atoms. The molecular formula is C15H7BrF2OS. The molecule has 0 fully saturated rings. The van der Waals surface area contributed by atoms with Crippen molar-refractivity contribution >= 4 is 43.1 Å². The van der Waals surface area contributed by atoms with Crippen LogP contribution in [0.1, 0.15) is 15.9 Å². The Morgan fingerprint density at radius 1 is 1.05 bits per heavy atom. The van der Waals surface area contributed by atoms with Crippen molar-refractivity contribution in [2.45, 2.75) is 0 Å². The summed E-state index contributed by atoms with van der Waals surface area (Å²) in [5.74, 6) is -2.32. The van der Waals surface area contributed by atoms with Crippen molar-refractivity contribution in [3.8, 4) is 0 Å². The van der Waals surface area contributed by atoms with Crippen LogP contribution < -0.4 is 0 Å². The molecule has 0 amide bonds. The molecule has 2 aromatic carbocycles. The Bertz CT molecular complexity index is 806. The van der Waals surface area contributed by atoms with Gasteiger partial charge in [-0.25, -0.2) is 8.78 Å². The van der Waals surface area contributed by atoms with E-state index in [0.717, 1.165) is 21.3 Å². The number of carbonyl (C=O) groups is 1. The van der Waals surface area contributed by atoms with Crippen LogP contribution in [0.15, 0.2) is 46.3 Å². The lowest BCUT2D eigenvalue weighted by Gasteiger charge is -2.03. The third-order valence-corrected chi connectivity index (χ3v) is 4.94. The Morgan fingerprint density at radius 3 is 2.40 bits per heavy atom. The van der Waals surface area contributed by atoms with Gasteiger partial charge in [0.05, 0.1) is 5.56 Å². The highest BCUT2D eigenvalue weighted by Gasteiger charge is 2.21. The van der Waals surface area contributed by atoms with Crippen LogP contribution in [0.4, 0.5) is 8.78 Å². The van der Waals surface area contributed by atoms with Crippen molar-refractivity contribution in [2.24, 2.45) is 0 Å². The summed E-state index contributed by atoms with van der Waals surface area (Å²) in [5, 5.41) is 2.32. The number of rotatable bonds is 2. The van der Waals surface area contributed by atoms with Gasteiger partial charge in [-0.1, -0.05) is 18.2 Å². The fourth-order valence-electron chi connectivity index (χ4n) is 2.05. The quantitative estimate of drug-likeness (QED) is 0.581. The molecule has 0 saturated heterocycles. The van der Waals surface area contributed by atoms with Crippen molar-refractivity contribution < 1.29 is 13.6 Å². The number of benzene rings is 2. The van der Waals surface area contributed by atoms with Crippen LogP contribution in [0.3, 0.4) is 0 Å². The fourth-order valence-corrected chi connectivity index (χ4v) is 3.65. The molecule has 0 bridgehead atoms. The van der Waals surface area contributed by atoms with Gasteiger partial charge in [-0.05, 0) is 34.1 Å². The molecule has 100 valence electrons. The molecule has 0 aliphatic heterocycles. The van der Waals surface area contributed by atoms with Crippen LogP contribution in [-0.2, 0) is 0 Å². The van der Waals surface area contributed by atoms with Gasteiger partial charge in [0.1, 0.15) is 11.6 Å². The van der Waals surface area contributed by atoms with Crippen LogP contribution in [0.5, 0.6) is 0 Å². The summed E-state index contributed by atoms with van der Waals surface area (Å²) in [7, 11) is 0. The van der Waals surface area contributed by atoms with Gasteiger partial charge in [0.15, 0.2) is 5.78 Å². The van der Waals surface area contributed by atoms with Gasteiger partial charge in [0.2, 0.25) is 0 Å². The van der Waals surface area contributed by atoms with Gasteiger partial charge < -0.3 is 0 Å². The summed E-state index contributed by atoms with van der Waals surface area (Å²) in [6.07, 6.45) is 0. The van der Waals surface area contributed by atoms with E-state index < -0.39 is 23.0 Å². The second-order valence-corrected chi connectivity index (χ2v) is 5.93. The molecule has 3 aromatic rings. The molecular weight excluding hydrogens is 346 g/mol. The number of carbonyl (C=O) groups excluding carboxylic acids is 1. The molecule has 1 heterocycles. The molecule has 0 spiro atoms. The largest absolute Gasteiger partial charge is 0.288 e. The number of fused-ring (bicyclic) bond motifs is 1. The molecule has 3 rings (SSSR count). The average Bonchev–Trinajstić information content (AvgIpc) is 2.83. The second kappa shape index (κ2) is 5.07. The van der Waals surface area contributed by atoms with Gasteiger partial charge in [0.25, 0.3) is 0 Å². The first kappa shape index (κ1) is 13.4. The van der Waals surface area contributed by atoms with E-state index in [4.69, 9.17) is 0 Å². The van der Waals surface area contributed by atoms with Crippen LogP contribution in [0, 0.1) is 11.6 Å². The molecule has 1 aromatic heterocycles. The maximum atomic E-state index is 13.7. The van der Waals surface area contributed by atoms with Crippen molar-refractivity contribution in [1.82, 2.24) is 0 Å². The highest BCUT2D eigenvalue weighted by atomic mass is 79.9. The molecule has 1 nitrogen and oxygen atoms in total. The minimum atomic E-state index is -0.843. The molecule has 0 radical (unpaired) electrons. The van der Waals surface area contributed by atoms with Crippen molar-refractivity contribution in [2.75, 3.05) is 0 Å². The molecule has 0 atom stereocenters. The normalized spacial score (nSPS) is 10.9. The molecule has 5 heteroatoms. The number of halogens is 3. The monoisotopic (exact) mass is 352 g/mol. The van der Waals surface area contributed by atoms with E-state index in [1.165, 1.54) is 17.4 Å². The molecule has 0 unspecified atom stereocenters. The van der Waals surface area contributed by atoms with Crippen molar-refractivity contribution in [3.63, 3.8) is 0 Å². The van der Waals surface area contributed by atoms with Gasteiger partial charge in [-0.3, -0.25) is 4.79 Å². The van der Waals surface area contributed by atoms with E-state index in [0.29, 0.717) is 10.9 Å². The van der Waals surface area contributed by atoms with Crippen molar-refractivity contribution in [3.05, 3.63) is 69.0 Å². The lowest BCUT2D eigenvalue weighted by Crippen LogP contribution is -2.06. The Kier molecular flexibility index (Phi) is 3.40. The summed E-state index contributed by atoms with van der Waals surface area (Å²) in [6.45, 7) is 0. The van der Waals surface area contributed by atoms with Crippen LogP contribution in [0.25, 0.3) is 10.1 Å². The Hall–Kier alpha value is -1.59. The lowest BCUT2D eigenvalue weighted by atomic mass is 10.0. The third-order valence-electron chi connectivity index (χ3n) is 2.99. The highest BCUT2D eigenvalue weighted by molar-refractivity contribution is 9.10.